The number of nitrogens with one attached hydrogen (secondary N) is 1. The summed E-state index contributed by atoms with van der Waals surface area (Å²) in [7, 11) is 0. The molecule has 1 aromatic carbocycles. The van der Waals surface area contributed by atoms with Crippen molar-refractivity contribution >= 4 is 17.5 Å². The smallest absolute Gasteiger partial charge is 0.241 e. The molecule has 1 aliphatic heterocycles. The Morgan fingerprint density at radius 3 is 2.52 bits per heavy atom. The molecule has 5 atom stereocenters. The van der Waals surface area contributed by atoms with Gasteiger partial charge in [-0.3, -0.25) is 14.5 Å². The third kappa shape index (κ3) is 5.80. The van der Waals surface area contributed by atoms with Gasteiger partial charge in [0.1, 0.15) is 5.82 Å². The number of aryl methyl sites for hydroxylation is 1. The van der Waals surface area contributed by atoms with Gasteiger partial charge in [0, 0.05) is 42.3 Å². The summed E-state index contributed by atoms with van der Waals surface area (Å²) >= 11 is 0. The van der Waals surface area contributed by atoms with Crippen LogP contribution in [0.2, 0.25) is 0 Å². The standard InChI is InChI=1S/C31H47FN4O4/c1-5-20(29(39)34-28-21-8-19-9-22(28)14-31(40,12-19)13-21)10-26(37)24(33)15-35-16-27(38)36(17-30(35,3)4)25-11-23(32)7-6-18(25)2/h6-7,11,19-22,24,26,28,37,40H,5,8-10,12-17,33H2,1-4H3,(H,34,39)/t19?,20-,21?,22?,24+,26+,28?,31?/m1/s1. The van der Waals surface area contributed by atoms with Crippen LogP contribution in [0, 0.1) is 36.4 Å². The van der Waals surface area contributed by atoms with Crippen molar-refractivity contribution in [1.82, 2.24) is 10.2 Å². The van der Waals surface area contributed by atoms with Crippen molar-refractivity contribution in [3.8, 4) is 0 Å². The van der Waals surface area contributed by atoms with Crippen LogP contribution in [-0.4, -0.2) is 75.9 Å². The van der Waals surface area contributed by atoms with Crippen molar-refractivity contribution in [2.75, 3.05) is 24.5 Å². The maximum Gasteiger partial charge on any atom is 0.241 e. The van der Waals surface area contributed by atoms with Gasteiger partial charge in [0.05, 0.1) is 18.2 Å². The molecule has 2 unspecified atom stereocenters. The molecule has 0 aromatic heterocycles. The van der Waals surface area contributed by atoms with Gasteiger partial charge in [-0.05, 0) is 101 Å². The van der Waals surface area contributed by atoms with E-state index in [0.717, 1.165) is 37.7 Å². The molecule has 4 aliphatic carbocycles. The first-order valence-corrected chi connectivity index (χ1v) is 15.1. The highest BCUT2D eigenvalue weighted by molar-refractivity contribution is 5.96. The van der Waals surface area contributed by atoms with Gasteiger partial charge in [0.25, 0.3) is 0 Å². The number of rotatable bonds is 9. The molecule has 4 bridgehead atoms. The van der Waals surface area contributed by atoms with E-state index < -0.39 is 23.3 Å². The van der Waals surface area contributed by atoms with E-state index in [1.807, 2.05) is 32.6 Å². The minimum Gasteiger partial charge on any atom is -0.391 e. The summed E-state index contributed by atoms with van der Waals surface area (Å²) in [5, 5.41) is 25.3. The van der Waals surface area contributed by atoms with Gasteiger partial charge in [-0.1, -0.05) is 13.0 Å². The van der Waals surface area contributed by atoms with Crippen LogP contribution in [0.1, 0.15) is 71.3 Å². The molecule has 1 saturated heterocycles. The van der Waals surface area contributed by atoms with Crippen LogP contribution in [-0.2, 0) is 9.59 Å². The predicted octanol–water partition coefficient (Wildman–Crippen LogP) is 2.72. The fourth-order valence-corrected chi connectivity index (χ4v) is 8.24. The molecule has 1 heterocycles. The monoisotopic (exact) mass is 558 g/mol. The Morgan fingerprint density at radius 1 is 1.23 bits per heavy atom. The SMILES string of the molecule is CC[C@H](C[C@H](O)[C@@H](N)CN1CC(=O)N(c2cc(F)ccc2C)CC1(C)C)C(=O)NC1C2CC3CC1CC(O)(C3)C2. The average Bonchev–Trinajstić information content (AvgIpc) is 2.87. The highest BCUT2D eigenvalue weighted by Crippen LogP contribution is 2.55. The maximum atomic E-state index is 13.9. The largest absolute Gasteiger partial charge is 0.391 e. The number of hydrogen-bond acceptors (Lipinski definition) is 6. The van der Waals surface area contributed by atoms with Gasteiger partial charge >= 0.3 is 0 Å². The second-order valence-electron chi connectivity index (χ2n) is 13.9. The van der Waals surface area contributed by atoms with Crippen LogP contribution in [0.4, 0.5) is 10.1 Å². The third-order valence-corrected chi connectivity index (χ3v) is 10.4. The zero-order valence-electron chi connectivity index (χ0n) is 24.4. The van der Waals surface area contributed by atoms with Crippen LogP contribution in [0.25, 0.3) is 0 Å². The second kappa shape index (κ2) is 11.0. The zero-order chi connectivity index (χ0) is 29.0. The van der Waals surface area contributed by atoms with Gasteiger partial charge in [-0.25, -0.2) is 4.39 Å². The normalized spacial score (nSPS) is 33.6. The van der Waals surface area contributed by atoms with Crippen LogP contribution >= 0.6 is 0 Å². The molecule has 0 radical (unpaired) electrons. The number of anilines is 1. The highest BCUT2D eigenvalue weighted by atomic mass is 19.1. The summed E-state index contributed by atoms with van der Waals surface area (Å²) in [6, 6.07) is 3.94. The summed E-state index contributed by atoms with van der Waals surface area (Å²) in [4.78, 5) is 30.1. The number of amides is 2. The third-order valence-electron chi connectivity index (χ3n) is 10.4. The topological polar surface area (TPSA) is 119 Å². The van der Waals surface area contributed by atoms with Crippen molar-refractivity contribution in [2.45, 2.75) is 102 Å². The van der Waals surface area contributed by atoms with Crippen LogP contribution in [0.15, 0.2) is 18.2 Å². The number of aliphatic hydroxyl groups excluding tert-OH is 1. The zero-order valence-corrected chi connectivity index (χ0v) is 24.4. The molecule has 5 fully saturated rings. The number of nitrogens with zero attached hydrogens (tertiary/aromatic N) is 2. The molecule has 40 heavy (non-hydrogen) atoms. The van der Waals surface area contributed by atoms with Crippen molar-refractivity contribution < 1.29 is 24.2 Å². The first-order valence-electron chi connectivity index (χ1n) is 15.1. The lowest BCUT2D eigenvalue weighted by Gasteiger charge is -2.58. The number of carbonyl (C=O) groups excluding carboxylic acids is 2. The van der Waals surface area contributed by atoms with Gasteiger partial charge < -0.3 is 26.2 Å². The van der Waals surface area contributed by atoms with E-state index in [0.29, 0.717) is 43.0 Å². The number of halogens is 1. The Morgan fingerprint density at radius 2 is 1.90 bits per heavy atom. The van der Waals surface area contributed by atoms with Crippen molar-refractivity contribution in [2.24, 2.45) is 29.4 Å². The molecule has 5 aliphatic rings. The second-order valence-corrected chi connectivity index (χ2v) is 13.9. The summed E-state index contributed by atoms with van der Waals surface area (Å²) in [5.41, 5.74) is 6.90. The lowest BCUT2D eigenvalue weighted by atomic mass is 9.52. The van der Waals surface area contributed by atoms with Crippen LogP contribution < -0.4 is 16.0 Å². The van der Waals surface area contributed by atoms with Crippen molar-refractivity contribution in [3.63, 3.8) is 0 Å². The van der Waals surface area contributed by atoms with Crippen molar-refractivity contribution in [1.29, 1.82) is 0 Å². The number of nitrogens with two attached hydrogens (primary N) is 1. The highest BCUT2D eigenvalue weighted by Gasteiger charge is 2.55. The van der Waals surface area contributed by atoms with Gasteiger partial charge in [0.2, 0.25) is 11.8 Å². The number of benzene rings is 1. The molecule has 1 aromatic rings. The van der Waals surface area contributed by atoms with Gasteiger partial charge in [-0.2, -0.15) is 0 Å². The van der Waals surface area contributed by atoms with E-state index in [9.17, 15) is 24.2 Å². The Bertz CT molecular complexity index is 1110. The summed E-state index contributed by atoms with van der Waals surface area (Å²) < 4.78 is 13.9. The van der Waals surface area contributed by atoms with Gasteiger partial charge in [-0.15, -0.1) is 0 Å². The molecule has 8 nitrogen and oxygen atoms in total. The Hall–Kier alpha value is -2.07. The van der Waals surface area contributed by atoms with E-state index in [1.165, 1.54) is 12.1 Å². The molecular formula is C31H47FN4O4. The quantitative estimate of drug-likeness (QED) is 0.370. The lowest BCUT2D eigenvalue weighted by Crippen LogP contribution is -2.64. The van der Waals surface area contributed by atoms with Crippen LogP contribution in [0.5, 0.6) is 0 Å². The molecule has 222 valence electrons. The van der Waals surface area contributed by atoms with Gasteiger partial charge in [0.15, 0.2) is 0 Å². The number of piperazine rings is 1. The molecule has 2 amide bonds. The first-order chi connectivity index (χ1) is 18.8. The Labute approximate surface area is 237 Å². The van der Waals surface area contributed by atoms with Crippen molar-refractivity contribution in [3.05, 3.63) is 29.6 Å². The fourth-order valence-electron chi connectivity index (χ4n) is 8.24. The minimum atomic E-state index is -0.899. The molecule has 9 heteroatoms. The lowest BCUT2D eigenvalue weighted by molar-refractivity contribution is -0.148. The summed E-state index contributed by atoms with van der Waals surface area (Å²) in [5.74, 6) is 0.332. The summed E-state index contributed by atoms with van der Waals surface area (Å²) in [6.45, 7) is 8.64. The van der Waals surface area contributed by atoms with E-state index in [2.05, 4.69) is 5.32 Å². The van der Waals surface area contributed by atoms with E-state index in [1.54, 1.807) is 11.0 Å². The number of carbonyl (C=O) groups is 2. The van der Waals surface area contributed by atoms with E-state index in [-0.39, 0.29) is 42.6 Å². The van der Waals surface area contributed by atoms with E-state index >= 15 is 0 Å². The summed E-state index contributed by atoms with van der Waals surface area (Å²) in [6.07, 6.45) is 4.57. The van der Waals surface area contributed by atoms with Crippen LogP contribution in [0.3, 0.4) is 0 Å². The number of aliphatic hydroxyl groups is 2. The molecule has 4 saturated carbocycles. The molecule has 5 N–H and O–H groups in total. The Kier molecular flexibility index (Phi) is 8.07. The minimum absolute atomic E-state index is 0.0344. The first kappa shape index (κ1) is 29.4. The molecule has 6 rings (SSSR count). The Balaban J connectivity index is 1.17. The number of hydrogen-bond donors (Lipinski definition) is 4. The fraction of sp³-hybridized carbons (Fsp3) is 0.742. The average molecular weight is 559 g/mol. The molecule has 0 spiro atoms. The van der Waals surface area contributed by atoms with E-state index in [4.69, 9.17) is 5.73 Å². The maximum absolute atomic E-state index is 13.9. The predicted molar refractivity (Wildman–Crippen MR) is 152 cm³/mol. The molecular weight excluding hydrogens is 511 g/mol.